The first-order chi connectivity index (χ1) is 8.70. The molecule has 1 heterocycles. The normalized spacial score (nSPS) is 10.6. The van der Waals surface area contributed by atoms with Crippen LogP contribution >= 0.6 is 0 Å². The molecule has 0 aliphatic rings. The highest BCUT2D eigenvalue weighted by Crippen LogP contribution is 2.14. The molecule has 3 nitrogen and oxygen atoms in total. The van der Waals surface area contributed by atoms with E-state index in [1.807, 2.05) is 0 Å². The van der Waals surface area contributed by atoms with E-state index >= 15 is 0 Å². The van der Waals surface area contributed by atoms with E-state index in [-0.39, 0.29) is 23.8 Å². The van der Waals surface area contributed by atoms with Crippen molar-refractivity contribution in [2.45, 2.75) is 13.0 Å². The van der Waals surface area contributed by atoms with Crippen molar-refractivity contribution in [3.63, 3.8) is 0 Å². The van der Waals surface area contributed by atoms with E-state index in [9.17, 15) is 9.18 Å². The van der Waals surface area contributed by atoms with Crippen LogP contribution in [0.25, 0.3) is 0 Å². The van der Waals surface area contributed by atoms with Gasteiger partial charge in [0.05, 0.1) is 0 Å². The molecule has 2 aromatic rings. The Labute approximate surface area is 104 Å². The third-order valence-electron chi connectivity index (χ3n) is 2.53. The summed E-state index contributed by atoms with van der Waals surface area (Å²) in [5.41, 5.74) is 0.368. The topological polar surface area (TPSA) is 39.4 Å². The lowest BCUT2D eigenvalue weighted by Crippen LogP contribution is -2.03. The quantitative estimate of drug-likeness (QED) is 0.763. The number of hydrogen-bond acceptors (Lipinski definition) is 3. The Morgan fingerprint density at radius 1 is 1.28 bits per heavy atom. The molecule has 4 heteroatoms. The number of benzene rings is 1. The van der Waals surface area contributed by atoms with Crippen molar-refractivity contribution in [1.82, 2.24) is 0 Å². The Bertz CT molecular complexity index is 545. The number of methoxy groups -OCH3 is 1. The summed E-state index contributed by atoms with van der Waals surface area (Å²) < 4.78 is 23.6. The summed E-state index contributed by atoms with van der Waals surface area (Å²) in [6.07, 6.45) is -0.00733. The van der Waals surface area contributed by atoms with E-state index in [4.69, 9.17) is 9.15 Å². The summed E-state index contributed by atoms with van der Waals surface area (Å²) in [5.74, 6) is 0.177. The fourth-order valence-electron chi connectivity index (χ4n) is 1.65. The lowest BCUT2D eigenvalue weighted by molar-refractivity contribution is 0.0956. The molecule has 0 radical (unpaired) electrons. The van der Waals surface area contributed by atoms with Crippen LogP contribution in [0.15, 0.2) is 40.8 Å². The van der Waals surface area contributed by atoms with Crippen LogP contribution in [0.2, 0.25) is 0 Å². The Morgan fingerprint density at radius 2 is 2.06 bits per heavy atom. The molecule has 18 heavy (non-hydrogen) atoms. The van der Waals surface area contributed by atoms with Crippen LogP contribution in [0.4, 0.5) is 4.39 Å². The molecular formula is C14H13FO3. The van der Waals surface area contributed by atoms with Crippen LogP contribution < -0.4 is 0 Å². The molecule has 0 fully saturated rings. The van der Waals surface area contributed by atoms with Crippen molar-refractivity contribution in [2.24, 2.45) is 0 Å². The lowest BCUT2D eigenvalue weighted by Gasteiger charge is -2.00. The second-order valence-corrected chi connectivity index (χ2v) is 3.89. The average molecular weight is 248 g/mol. The highest BCUT2D eigenvalue weighted by Gasteiger charge is 2.13. The van der Waals surface area contributed by atoms with Gasteiger partial charge in [0.2, 0.25) is 5.78 Å². The molecule has 94 valence electrons. The maximum Gasteiger partial charge on any atom is 0.202 e. The zero-order chi connectivity index (χ0) is 13.0. The van der Waals surface area contributed by atoms with Gasteiger partial charge < -0.3 is 9.15 Å². The minimum absolute atomic E-state index is 0.00733. The number of carbonyl (C=O) groups excluding carboxylic acids is 1. The first kappa shape index (κ1) is 12.5. The highest BCUT2D eigenvalue weighted by atomic mass is 19.1. The van der Waals surface area contributed by atoms with Gasteiger partial charge in [0.15, 0.2) is 5.76 Å². The lowest BCUT2D eigenvalue weighted by atomic mass is 10.1. The summed E-state index contributed by atoms with van der Waals surface area (Å²) in [4.78, 5) is 11.9. The zero-order valence-corrected chi connectivity index (χ0v) is 9.98. The van der Waals surface area contributed by atoms with Crippen molar-refractivity contribution in [2.75, 3.05) is 7.11 Å². The molecule has 0 aliphatic heterocycles. The Kier molecular flexibility index (Phi) is 3.89. The van der Waals surface area contributed by atoms with Gasteiger partial charge in [-0.3, -0.25) is 4.79 Å². The fraction of sp³-hybridized carbons (Fsp3) is 0.214. The number of Topliss-reactive ketones (excluding diaryl/α,β-unsaturated/α-hetero) is 1. The van der Waals surface area contributed by atoms with Crippen molar-refractivity contribution in [3.8, 4) is 0 Å². The predicted octanol–water partition coefficient (Wildman–Crippen LogP) is 2.99. The standard InChI is InChI=1S/C14H13FO3/c1-17-9-11-6-7-14(18-11)13(16)8-10-4-2-3-5-12(10)15/h2-7H,8-9H2,1H3. The largest absolute Gasteiger partial charge is 0.456 e. The number of rotatable bonds is 5. The number of ketones is 1. The number of ether oxygens (including phenoxy) is 1. The van der Waals surface area contributed by atoms with Crippen LogP contribution in [0.3, 0.4) is 0 Å². The molecule has 1 aromatic carbocycles. The molecule has 0 amide bonds. The third kappa shape index (κ3) is 2.84. The predicted molar refractivity (Wildman–Crippen MR) is 63.9 cm³/mol. The number of halogens is 1. The molecule has 0 N–H and O–H groups in total. The summed E-state index contributed by atoms with van der Waals surface area (Å²) in [5, 5.41) is 0. The molecule has 0 unspecified atom stereocenters. The molecular weight excluding hydrogens is 235 g/mol. The molecule has 0 bridgehead atoms. The zero-order valence-electron chi connectivity index (χ0n) is 9.98. The maximum absolute atomic E-state index is 13.4. The fourth-order valence-corrected chi connectivity index (χ4v) is 1.65. The molecule has 2 rings (SSSR count). The van der Waals surface area contributed by atoms with Crippen LogP contribution in [0, 0.1) is 5.82 Å². The van der Waals surface area contributed by atoms with E-state index in [0.717, 1.165) is 0 Å². The first-order valence-corrected chi connectivity index (χ1v) is 5.55. The van der Waals surface area contributed by atoms with Gasteiger partial charge in [-0.05, 0) is 23.8 Å². The van der Waals surface area contributed by atoms with E-state index in [0.29, 0.717) is 17.9 Å². The van der Waals surface area contributed by atoms with E-state index in [1.165, 1.54) is 6.07 Å². The molecule has 1 aromatic heterocycles. The van der Waals surface area contributed by atoms with Gasteiger partial charge in [-0.25, -0.2) is 4.39 Å². The van der Waals surface area contributed by atoms with Crippen molar-refractivity contribution in [1.29, 1.82) is 0 Å². The molecule has 0 saturated carbocycles. The van der Waals surface area contributed by atoms with Crippen LogP contribution in [0.5, 0.6) is 0 Å². The van der Waals surface area contributed by atoms with Crippen LogP contribution in [-0.4, -0.2) is 12.9 Å². The summed E-state index contributed by atoms with van der Waals surface area (Å²) in [6.45, 7) is 0.312. The average Bonchev–Trinajstić information content (AvgIpc) is 2.81. The Hall–Kier alpha value is -1.94. The molecule has 0 aliphatic carbocycles. The number of hydrogen-bond donors (Lipinski definition) is 0. The number of furan rings is 1. The van der Waals surface area contributed by atoms with Gasteiger partial charge in [0.1, 0.15) is 18.2 Å². The van der Waals surface area contributed by atoms with Crippen molar-refractivity contribution < 1.29 is 18.3 Å². The van der Waals surface area contributed by atoms with Gasteiger partial charge in [-0.15, -0.1) is 0 Å². The maximum atomic E-state index is 13.4. The van der Waals surface area contributed by atoms with Crippen LogP contribution in [0.1, 0.15) is 21.9 Å². The first-order valence-electron chi connectivity index (χ1n) is 5.55. The monoisotopic (exact) mass is 248 g/mol. The highest BCUT2D eigenvalue weighted by molar-refractivity contribution is 5.95. The second kappa shape index (κ2) is 5.60. The molecule has 0 spiro atoms. The smallest absolute Gasteiger partial charge is 0.202 e. The second-order valence-electron chi connectivity index (χ2n) is 3.89. The third-order valence-corrected chi connectivity index (χ3v) is 2.53. The van der Waals surface area contributed by atoms with Crippen molar-refractivity contribution >= 4 is 5.78 Å². The van der Waals surface area contributed by atoms with Gasteiger partial charge in [0, 0.05) is 13.5 Å². The Morgan fingerprint density at radius 3 is 2.78 bits per heavy atom. The van der Waals surface area contributed by atoms with Gasteiger partial charge in [0.25, 0.3) is 0 Å². The van der Waals surface area contributed by atoms with Crippen molar-refractivity contribution in [3.05, 3.63) is 59.3 Å². The van der Waals surface area contributed by atoms with Gasteiger partial charge >= 0.3 is 0 Å². The van der Waals surface area contributed by atoms with E-state index in [1.54, 1.807) is 37.4 Å². The molecule has 0 atom stereocenters. The molecule has 0 saturated heterocycles. The van der Waals surface area contributed by atoms with Crippen LogP contribution in [-0.2, 0) is 17.8 Å². The van der Waals surface area contributed by atoms with Gasteiger partial charge in [-0.2, -0.15) is 0 Å². The SMILES string of the molecule is COCc1ccc(C(=O)Cc2ccccc2F)o1. The van der Waals surface area contributed by atoms with E-state index in [2.05, 4.69) is 0 Å². The minimum Gasteiger partial charge on any atom is -0.456 e. The summed E-state index contributed by atoms with van der Waals surface area (Å²) in [6, 6.07) is 9.47. The van der Waals surface area contributed by atoms with E-state index < -0.39 is 0 Å². The van der Waals surface area contributed by atoms with Gasteiger partial charge in [-0.1, -0.05) is 18.2 Å². The minimum atomic E-state index is -0.380. The summed E-state index contributed by atoms with van der Waals surface area (Å²) in [7, 11) is 1.55. The number of carbonyl (C=O) groups is 1. The summed E-state index contributed by atoms with van der Waals surface area (Å²) >= 11 is 0. The Balaban J connectivity index is 2.10.